The molecular formula is C9H5BrClN3S. The summed E-state index contributed by atoms with van der Waals surface area (Å²) in [7, 11) is 0. The van der Waals surface area contributed by atoms with E-state index in [4.69, 9.17) is 11.6 Å². The lowest BCUT2D eigenvalue weighted by molar-refractivity contribution is 1.04. The molecule has 0 unspecified atom stereocenters. The molecule has 0 amide bonds. The molecule has 3 nitrogen and oxygen atoms in total. The second-order valence-corrected chi connectivity index (χ2v) is 4.73. The summed E-state index contributed by atoms with van der Waals surface area (Å²) < 4.78 is 0.914. The molecule has 0 spiro atoms. The van der Waals surface area contributed by atoms with E-state index < -0.39 is 0 Å². The number of aromatic nitrogens is 3. The maximum absolute atomic E-state index is 5.89. The first-order valence-electron chi connectivity index (χ1n) is 4.02. The van der Waals surface area contributed by atoms with Crippen molar-refractivity contribution in [1.29, 1.82) is 0 Å². The van der Waals surface area contributed by atoms with E-state index in [1.165, 1.54) is 11.8 Å². The molecule has 0 saturated carbocycles. The molecule has 0 bridgehead atoms. The molecular weight excluding hydrogens is 298 g/mol. The average Bonchev–Trinajstić information content (AvgIpc) is 2.24. The van der Waals surface area contributed by atoms with Crippen LogP contribution in [0.25, 0.3) is 0 Å². The summed E-state index contributed by atoms with van der Waals surface area (Å²) in [5.74, 6) is 0. The Balaban J connectivity index is 2.30. The van der Waals surface area contributed by atoms with Crippen molar-refractivity contribution in [2.75, 3.05) is 0 Å². The second kappa shape index (κ2) is 4.92. The minimum absolute atomic E-state index is 0.389. The van der Waals surface area contributed by atoms with Crippen molar-refractivity contribution in [2.24, 2.45) is 0 Å². The van der Waals surface area contributed by atoms with E-state index in [1.807, 2.05) is 12.1 Å². The zero-order valence-electron chi connectivity index (χ0n) is 7.39. The monoisotopic (exact) mass is 301 g/mol. The van der Waals surface area contributed by atoms with Gasteiger partial charge >= 0.3 is 0 Å². The van der Waals surface area contributed by atoms with E-state index in [1.54, 1.807) is 18.6 Å². The molecule has 2 rings (SSSR count). The zero-order valence-corrected chi connectivity index (χ0v) is 10.6. The van der Waals surface area contributed by atoms with Crippen molar-refractivity contribution in [2.45, 2.75) is 10.1 Å². The Morgan fingerprint density at radius 1 is 1.07 bits per heavy atom. The van der Waals surface area contributed by atoms with Crippen LogP contribution in [0.4, 0.5) is 0 Å². The molecule has 2 aromatic rings. The number of hydrogen-bond donors (Lipinski definition) is 0. The maximum Gasteiger partial charge on any atom is 0.161 e. The Morgan fingerprint density at radius 3 is 2.53 bits per heavy atom. The molecule has 0 radical (unpaired) electrons. The first-order chi connectivity index (χ1) is 7.27. The summed E-state index contributed by atoms with van der Waals surface area (Å²) >= 11 is 10.7. The van der Waals surface area contributed by atoms with Crippen LogP contribution in [0.2, 0.25) is 5.15 Å². The van der Waals surface area contributed by atoms with Crippen LogP contribution < -0.4 is 0 Å². The fraction of sp³-hybridized carbons (Fsp3) is 0. The highest BCUT2D eigenvalue weighted by molar-refractivity contribution is 9.10. The Kier molecular flexibility index (Phi) is 3.56. The SMILES string of the molecule is Clc1nccnc1Sc1ncccc1Br. The van der Waals surface area contributed by atoms with Crippen LogP contribution in [0.15, 0.2) is 45.2 Å². The van der Waals surface area contributed by atoms with Crippen molar-refractivity contribution in [3.8, 4) is 0 Å². The molecule has 0 fully saturated rings. The van der Waals surface area contributed by atoms with E-state index in [0.29, 0.717) is 10.2 Å². The highest BCUT2D eigenvalue weighted by Gasteiger charge is 2.07. The minimum atomic E-state index is 0.389. The van der Waals surface area contributed by atoms with Crippen LogP contribution in [0, 0.1) is 0 Å². The van der Waals surface area contributed by atoms with Crippen LogP contribution in [0.1, 0.15) is 0 Å². The summed E-state index contributed by atoms with van der Waals surface area (Å²) in [5, 5.41) is 1.86. The van der Waals surface area contributed by atoms with Gasteiger partial charge in [-0.05, 0) is 39.8 Å². The Bertz CT molecular complexity index is 437. The fourth-order valence-electron chi connectivity index (χ4n) is 0.915. The molecule has 6 heteroatoms. The standard InChI is InChI=1S/C9H5BrClN3S/c10-6-2-1-3-13-8(6)15-9-7(11)12-4-5-14-9/h1-5H. The van der Waals surface area contributed by atoms with Gasteiger partial charge in [-0.25, -0.2) is 15.0 Å². The van der Waals surface area contributed by atoms with Crippen molar-refractivity contribution >= 4 is 39.3 Å². The molecule has 0 aliphatic carbocycles. The molecule has 15 heavy (non-hydrogen) atoms. The Labute approximate surface area is 104 Å². The van der Waals surface area contributed by atoms with Crippen LogP contribution >= 0.6 is 39.3 Å². The van der Waals surface area contributed by atoms with Crippen molar-refractivity contribution in [3.05, 3.63) is 40.3 Å². The van der Waals surface area contributed by atoms with Crippen molar-refractivity contribution < 1.29 is 0 Å². The molecule has 0 N–H and O–H groups in total. The van der Waals surface area contributed by atoms with Gasteiger partial charge in [-0.1, -0.05) is 11.6 Å². The number of halogens is 2. The van der Waals surface area contributed by atoms with Gasteiger partial charge in [0.1, 0.15) is 10.1 Å². The Hall–Kier alpha value is -0.650. The van der Waals surface area contributed by atoms with Gasteiger partial charge in [-0.2, -0.15) is 0 Å². The molecule has 0 atom stereocenters. The molecule has 0 aliphatic heterocycles. The lowest BCUT2D eigenvalue weighted by atomic mass is 10.5. The number of hydrogen-bond acceptors (Lipinski definition) is 4. The molecule has 2 aromatic heterocycles. The first-order valence-corrected chi connectivity index (χ1v) is 6.01. The fourth-order valence-corrected chi connectivity index (χ4v) is 2.35. The Morgan fingerprint density at radius 2 is 1.80 bits per heavy atom. The lowest BCUT2D eigenvalue weighted by Crippen LogP contribution is -1.86. The summed E-state index contributed by atoms with van der Waals surface area (Å²) in [5.41, 5.74) is 0. The first kappa shape index (κ1) is 10.9. The van der Waals surface area contributed by atoms with Crippen LogP contribution in [0.3, 0.4) is 0 Å². The van der Waals surface area contributed by atoms with E-state index in [-0.39, 0.29) is 0 Å². The average molecular weight is 303 g/mol. The predicted octanol–water partition coefficient (Wildman–Crippen LogP) is 3.44. The third-order valence-electron chi connectivity index (χ3n) is 1.54. The van der Waals surface area contributed by atoms with Gasteiger partial charge in [0, 0.05) is 18.6 Å². The van der Waals surface area contributed by atoms with Crippen LogP contribution in [0.5, 0.6) is 0 Å². The maximum atomic E-state index is 5.89. The normalized spacial score (nSPS) is 10.3. The molecule has 0 aromatic carbocycles. The summed E-state index contributed by atoms with van der Waals surface area (Å²) in [6.07, 6.45) is 4.88. The third kappa shape index (κ3) is 2.68. The zero-order chi connectivity index (χ0) is 10.7. The second-order valence-electron chi connectivity index (χ2n) is 2.54. The van der Waals surface area contributed by atoms with E-state index >= 15 is 0 Å². The predicted molar refractivity (Wildman–Crippen MR) is 63.1 cm³/mol. The topological polar surface area (TPSA) is 38.7 Å². The van der Waals surface area contributed by atoms with Gasteiger partial charge in [0.05, 0.1) is 4.47 Å². The van der Waals surface area contributed by atoms with Crippen molar-refractivity contribution in [3.63, 3.8) is 0 Å². The van der Waals surface area contributed by atoms with Gasteiger partial charge in [0.25, 0.3) is 0 Å². The lowest BCUT2D eigenvalue weighted by Gasteiger charge is -2.02. The molecule has 0 aliphatic rings. The highest BCUT2D eigenvalue weighted by Crippen LogP contribution is 2.32. The van der Waals surface area contributed by atoms with E-state index in [0.717, 1.165) is 9.50 Å². The number of rotatable bonds is 2. The summed E-state index contributed by atoms with van der Waals surface area (Å²) in [6, 6.07) is 3.77. The largest absolute Gasteiger partial charge is 0.248 e. The number of nitrogens with zero attached hydrogens (tertiary/aromatic N) is 3. The van der Waals surface area contributed by atoms with Crippen LogP contribution in [-0.4, -0.2) is 15.0 Å². The smallest absolute Gasteiger partial charge is 0.161 e. The van der Waals surface area contributed by atoms with Crippen LogP contribution in [-0.2, 0) is 0 Å². The summed E-state index contributed by atoms with van der Waals surface area (Å²) in [6.45, 7) is 0. The molecule has 76 valence electrons. The van der Waals surface area contributed by atoms with Gasteiger partial charge < -0.3 is 0 Å². The molecule has 2 heterocycles. The minimum Gasteiger partial charge on any atom is -0.248 e. The van der Waals surface area contributed by atoms with Gasteiger partial charge in [0.2, 0.25) is 0 Å². The third-order valence-corrected chi connectivity index (χ3v) is 3.84. The number of pyridine rings is 1. The van der Waals surface area contributed by atoms with E-state index in [2.05, 4.69) is 30.9 Å². The van der Waals surface area contributed by atoms with E-state index in [9.17, 15) is 0 Å². The quantitative estimate of drug-likeness (QED) is 0.852. The van der Waals surface area contributed by atoms with Gasteiger partial charge in [0.15, 0.2) is 5.15 Å². The van der Waals surface area contributed by atoms with Gasteiger partial charge in [-0.3, -0.25) is 0 Å². The summed E-state index contributed by atoms with van der Waals surface area (Å²) in [4.78, 5) is 12.3. The highest BCUT2D eigenvalue weighted by atomic mass is 79.9. The van der Waals surface area contributed by atoms with Crippen molar-refractivity contribution in [1.82, 2.24) is 15.0 Å². The van der Waals surface area contributed by atoms with Gasteiger partial charge in [-0.15, -0.1) is 0 Å². The molecule has 0 saturated heterocycles.